The molecule has 15 heavy (non-hydrogen) atoms. The van der Waals surface area contributed by atoms with Crippen molar-refractivity contribution in [1.29, 1.82) is 0 Å². The van der Waals surface area contributed by atoms with Gasteiger partial charge in [0, 0.05) is 0 Å². The van der Waals surface area contributed by atoms with Gasteiger partial charge < -0.3 is 4.74 Å². The van der Waals surface area contributed by atoms with Gasteiger partial charge in [0.2, 0.25) is 0 Å². The fourth-order valence-electron chi connectivity index (χ4n) is 1.95. The van der Waals surface area contributed by atoms with Crippen molar-refractivity contribution in [3.8, 4) is 0 Å². The van der Waals surface area contributed by atoms with Crippen LogP contribution in [0.1, 0.15) is 12.8 Å². The number of allylic oxidation sites excluding steroid dienone is 6. The Labute approximate surface area is 89.6 Å². The standard InChI is InChI=1S/C13H14O2/c1-15-13(14)12-8-4-6-10-5-2-3-7-11(12)9-10/h2-5,7-8,10H,6,9H2,1H3/t10-/m0/s1. The molecule has 0 aromatic heterocycles. The maximum Gasteiger partial charge on any atom is 0.338 e. The lowest BCUT2D eigenvalue weighted by Gasteiger charge is -2.08. The van der Waals surface area contributed by atoms with Crippen molar-refractivity contribution < 1.29 is 9.53 Å². The molecule has 0 radical (unpaired) electrons. The Morgan fingerprint density at radius 3 is 3.07 bits per heavy atom. The highest BCUT2D eigenvalue weighted by Gasteiger charge is 2.18. The average Bonchev–Trinajstić information content (AvgIpc) is 2.60. The molecule has 0 spiro atoms. The van der Waals surface area contributed by atoms with Crippen molar-refractivity contribution in [2.24, 2.45) is 5.92 Å². The van der Waals surface area contributed by atoms with Crippen LogP contribution in [0, 0.1) is 5.92 Å². The molecular weight excluding hydrogens is 188 g/mol. The van der Waals surface area contributed by atoms with Gasteiger partial charge in [-0.05, 0) is 24.3 Å². The molecule has 2 nitrogen and oxygen atoms in total. The second-order valence-electron chi connectivity index (χ2n) is 3.78. The molecule has 2 rings (SSSR count). The second kappa shape index (κ2) is 4.30. The monoisotopic (exact) mass is 202 g/mol. The van der Waals surface area contributed by atoms with E-state index in [1.54, 1.807) is 0 Å². The number of fused-ring (bicyclic) bond motifs is 2. The summed E-state index contributed by atoms with van der Waals surface area (Å²) < 4.78 is 4.78. The number of ether oxygens (including phenoxy) is 1. The lowest BCUT2D eigenvalue weighted by Crippen LogP contribution is -2.05. The predicted octanol–water partition coefficient (Wildman–Crippen LogP) is 2.55. The van der Waals surface area contributed by atoms with E-state index in [2.05, 4.69) is 6.08 Å². The van der Waals surface area contributed by atoms with E-state index < -0.39 is 0 Å². The minimum atomic E-state index is -0.242. The molecule has 0 aliphatic heterocycles. The summed E-state index contributed by atoms with van der Waals surface area (Å²) in [6, 6.07) is 0. The smallest absolute Gasteiger partial charge is 0.338 e. The van der Waals surface area contributed by atoms with E-state index in [1.165, 1.54) is 7.11 Å². The molecule has 0 saturated carbocycles. The van der Waals surface area contributed by atoms with E-state index in [0.29, 0.717) is 11.5 Å². The fraction of sp³-hybridized carbons (Fsp3) is 0.308. The van der Waals surface area contributed by atoms with Gasteiger partial charge in [-0.1, -0.05) is 36.5 Å². The SMILES string of the molecule is COC(=O)C1=C2C=CC=C[C@@H](CC=C1)C2. The van der Waals surface area contributed by atoms with Crippen molar-refractivity contribution >= 4 is 5.97 Å². The van der Waals surface area contributed by atoms with Gasteiger partial charge in [-0.3, -0.25) is 0 Å². The molecule has 2 aliphatic rings. The molecule has 0 aromatic carbocycles. The summed E-state index contributed by atoms with van der Waals surface area (Å²) in [6.07, 6.45) is 14.1. The number of rotatable bonds is 1. The summed E-state index contributed by atoms with van der Waals surface area (Å²) in [4.78, 5) is 11.5. The van der Waals surface area contributed by atoms with Crippen molar-refractivity contribution in [3.05, 3.63) is 47.6 Å². The molecule has 0 fully saturated rings. The average molecular weight is 202 g/mol. The molecule has 78 valence electrons. The summed E-state index contributed by atoms with van der Waals surface area (Å²) in [5, 5.41) is 0. The Hall–Kier alpha value is -1.57. The van der Waals surface area contributed by atoms with Gasteiger partial charge in [0.25, 0.3) is 0 Å². The molecule has 0 heterocycles. The summed E-state index contributed by atoms with van der Waals surface area (Å²) in [7, 11) is 1.42. The first-order valence-electron chi connectivity index (χ1n) is 5.14. The third-order valence-corrected chi connectivity index (χ3v) is 2.75. The molecular formula is C13H14O2. The van der Waals surface area contributed by atoms with E-state index in [4.69, 9.17) is 4.74 Å². The van der Waals surface area contributed by atoms with Crippen LogP contribution in [0.25, 0.3) is 0 Å². The zero-order valence-electron chi connectivity index (χ0n) is 8.77. The number of esters is 1. The van der Waals surface area contributed by atoms with Gasteiger partial charge in [-0.25, -0.2) is 4.79 Å². The Bertz CT molecular complexity index is 383. The van der Waals surface area contributed by atoms with E-state index in [0.717, 1.165) is 18.4 Å². The summed E-state index contributed by atoms with van der Waals surface area (Å²) in [5.41, 5.74) is 1.77. The van der Waals surface area contributed by atoms with Gasteiger partial charge in [-0.2, -0.15) is 0 Å². The predicted molar refractivity (Wildman–Crippen MR) is 59.2 cm³/mol. The van der Waals surface area contributed by atoms with E-state index >= 15 is 0 Å². The molecule has 0 saturated heterocycles. The Balaban J connectivity index is 2.41. The topological polar surface area (TPSA) is 26.3 Å². The molecule has 0 amide bonds. The van der Waals surface area contributed by atoms with Crippen LogP contribution in [0.4, 0.5) is 0 Å². The Morgan fingerprint density at radius 2 is 2.27 bits per heavy atom. The van der Waals surface area contributed by atoms with Gasteiger partial charge in [0.15, 0.2) is 0 Å². The van der Waals surface area contributed by atoms with E-state index in [9.17, 15) is 4.79 Å². The van der Waals surface area contributed by atoms with Crippen molar-refractivity contribution in [2.75, 3.05) is 7.11 Å². The highest BCUT2D eigenvalue weighted by Crippen LogP contribution is 2.28. The fourth-order valence-corrected chi connectivity index (χ4v) is 1.95. The minimum absolute atomic E-state index is 0.242. The maximum absolute atomic E-state index is 11.5. The van der Waals surface area contributed by atoms with E-state index in [-0.39, 0.29) is 5.97 Å². The highest BCUT2D eigenvalue weighted by atomic mass is 16.5. The first-order chi connectivity index (χ1) is 7.31. The first-order valence-corrected chi connectivity index (χ1v) is 5.14. The number of hydrogen-bond donors (Lipinski definition) is 0. The molecule has 0 aromatic rings. The van der Waals surface area contributed by atoms with Crippen molar-refractivity contribution in [3.63, 3.8) is 0 Å². The third-order valence-electron chi connectivity index (χ3n) is 2.75. The first kappa shape index (κ1) is 9.97. The third kappa shape index (κ3) is 2.09. The lowest BCUT2D eigenvalue weighted by atomic mass is 9.97. The molecule has 1 atom stereocenters. The largest absolute Gasteiger partial charge is 0.465 e. The van der Waals surface area contributed by atoms with Crippen LogP contribution < -0.4 is 0 Å². The highest BCUT2D eigenvalue weighted by molar-refractivity contribution is 5.93. The minimum Gasteiger partial charge on any atom is -0.465 e. The van der Waals surface area contributed by atoms with Crippen LogP contribution in [0.3, 0.4) is 0 Å². The lowest BCUT2D eigenvalue weighted by molar-refractivity contribution is -0.135. The van der Waals surface area contributed by atoms with Crippen LogP contribution in [0.15, 0.2) is 47.6 Å². The molecule has 0 N–H and O–H groups in total. The van der Waals surface area contributed by atoms with Gasteiger partial charge in [-0.15, -0.1) is 0 Å². The Kier molecular flexibility index (Phi) is 2.86. The summed E-state index contributed by atoms with van der Waals surface area (Å²) in [6.45, 7) is 0. The summed E-state index contributed by atoms with van der Waals surface area (Å²) in [5.74, 6) is 0.266. The molecule has 2 aliphatic carbocycles. The molecule has 0 unspecified atom stereocenters. The van der Waals surface area contributed by atoms with Crippen molar-refractivity contribution in [2.45, 2.75) is 12.8 Å². The number of carbonyl (C=O) groups excluding carboxylic acids is 1. The second-order valence-corrected chi connectivity index (χ2v) is 3.78. The van der Waals surface area contributed by atoms with Gasteiger partial charge in [0.1, 0.15) is 0 Å². The number of hydrogen-bond acceptors (Lipinski definition) is 2. The maximum atomic E-state index is 11.5. The number of methoxy groups -OCH3 is 1. The Morgan fingerprint density at radius 1 is 1.40 bits per heavy atom. The zero-order chi connectivity index (χ0) is 10.7. The molecule has 2 bridgehead atoms. The van der Waals surface area contributed by atoms with Crippen LogP contribution in [0.2, 0.25) is 0 Å². The quantitative estimate of drug-likeness (QED) is 0.611. The van der Waals surface area contributed by atoms with Crippen LogP contribution >= 0.6 is 0 Å². The van der Waals surface area contributed by atoms with Crippen molar-refractivity contribution in [1.82, 2.24) is 0 Å². The van der Waals surface area contributed by atoms with E-state index in [1.807, 2.05) is 30.4 Å². The zero-order valence-corrected chi connectivity index (χ0v) is 8.77. The normalized spacial score (nSPS) is 23.7. The summed E-state index contributed by atoms with van der Waals surface area (Å²) >= 11 is 0. The van der Waals surface area contributed by atoms with Gasteiger partial charge >= 0.3 is 5.97 Å². The van der Waals surface area contributed by atoms with Gasteiger partial charge in [0.05, 0.1) is 12.7 Å². The van der Waals surface area contributed by atoms with Crippen LogP contribution in [-0.2, 0) is 9.53 Å². The van der Waals surface area contributed by atoms with Crippen LogP contribution in [-0.4, -0.2) is 13.1 Å². The number of carbonyl (C=O) groups is 1. The van der Waals surface area contributed by atoms with Crippen LogP contribution in [0.5, 0.6) is 0 Å². The molecule has 2 heteroatoms.